The van der Waals surface area contributed by atoms with Crippen molar-refractivity contribution in [2.24, 2.45) is 0 Å². The van der Waals surface area contributed by atoms with Gasteiger partial charge < -0.3 is 16.0 Å². The lowest BCUT2D eigenvalue weighted by atomic mass is 10.1. The van der Waals surface area contributed by atoms with E-state index in [0.717, 1.165) is 12.0 Å². The number of nitrogens with one attached hydrogen (secondary N) is 3. The maximum atomic E-state index is 12.8. The molecule has 2 aromatic rings. The molecule has 0 spiro atoms. The summed E-state index contributed by atoms with van der Waals surface area (Å²) in [4.78, 5) is 19.6. The Morgan fingerprint density at radius 3 is 2.86 bits per heavy atom. The van der Waals surface area contributed by atoms with E-state index in [-0.39, 0.29) is 18.3 Å². The Hall–Kier alpha value is -2.70. The predicted octanol–water partition coefficient (Wildman–Crippen LogP) is 1.63. The summed E-state index contributed by atoms with van der Waals surface area (Å²) in [6.45, 7) is 0.823. The Morgan fingerprint density at radius 1 is 1.24 bits per heavy atom. The first-order chi connectivity index (χ1) is 10.2. The molecule has 108 valence electrons. The zero-order valence-corrected chi connectivity index (χ0v) is 11.2. The highest BCUT2D eigenvalue weighted by atomic mass is 19.1. The van der Waals surface area contributed by atoms with Crippen LogP contribution in [0.15, 0.2) is 30.6 Å². The number of rotatable bonds is 4. The first-order valence-corrected chi connectivity index (χ1v) is 6.59. The van der Waals surface area contributed by atoms with Crippen molar-refractivity contribution in [2.75, 3.05) is 29.0 Å². The number of hydrogen-bond acceptors (Lipinski definition) is 5. The molecule has 1 aliphatic heterocycles. The van der Waals surface area contributed by atoms with Gasteiger partial charge in [-0.05, 0) is 24.1 Å². The molecule has 0 saturated heterocycles. The second kappa shape index (κ2) is 5.74. The average molecular weight is 287 g/mol. The number of carbonyl (C=O) groups is 1. The van der Waals surface area contributed by atoms with E-state index in [1.165, 1.54) is 18.5 Å². The van der Waals surface area contributed by atoms with Crippen LogP contribution >= 0.6 is 0 Å². The van der Waals surface area contributed by atoms with Crippen LogP contribution in [-0.4, -0.2) is 29.0 Å². The molecule has 6 nitrogen and oxygen atoms in total. The normalized spacial score (nSPS) is 13.1. The highest BCUT2D eigenvalue weighted by Gasteiger charge is 2.19. The fourth-order valence-electron chi connectivity index (χ4n) is 2.10. The Bertz CT molecular complexity index is 659. The summed E-state index contributed by atoms with van der Waals surface area (Å²) in [5.74, 6) is 0.806. The number of carbonyl (C=O) groups excluding carboxylic acids is 1. The van der Waals surface area contributed by atoms with Gasteiger partial charge in [-0.15, -0.1) is 0 Å². The van der Waals surface area contributed by atoms with Crippen LogP contribution in [0.3, 0.4) is 0 Å². The largest absolute Gasteiger partial charge is 0.368 e. The second-order valence-electron chi connectivity index (χ2n) is 4.65. The van der Waals surface area contributed by atoms with Crippen molar-refractivity contribution in [3.05, 3.63) is 42.0 Å². The van der Waals surface area contributed by atoms with Crippen LogP contribution in [-0.2, 0) is 11.2 Å². The summed E-state index contributed by atoms with van der Waals surface area (Å²) >= 11 is 0. The van der Waals surface area contributed by atoms with Gasteiger partial charge in [-0.3, -0.25) is 4.79 Å². The van der Waals surface area contributed by atoms with E-state index >= 15 is 0 Å². The van der Waals surface area contributed by atoms with Gasteiger partial charge >= 0.3 is 0 Å². The Balaban J connectivity index is 1.65. The highest BCUT2D eigenvalue weighted by molar-refractivity contribution is 6.02. The molecule has 0 bridgehead atoms. The molecule has 0 saturated carbocycles. The molecular weight excluding hydrogens is 273 g/mol. The monoisotopic (exact) mass is 287 g/mol. The van der Waals surface area contributed by atoms with Gasteiger partial charge in [0, 0.05) is 6.54 Å². The van der Waals surface area contributed by atoms with Crippen molar-refractivity contribution in [1.29, 1.82) is 0 Å². The van der Waals surface area contributed by atoms with Gasteiger partial charge in [0.05, 0.1) is 6.54 Å². The first kappa shape index (κ1) is 13.3. The van der Waals surface area contributed by atoms with Crippen molar-refractivity contribution >= 4 is 23.2 Å². The van der Waals surface area contributed by atoms with Gasteiger partial charge in [0.1, 0.15) is 17.8 Å². The lowest BCUT2D eigenvalue weighted by Gasteiger charge is -2.20. The van der Waals surface area contributed by atoms with E-state index in [4.69, 9.17) is 0 Å². The van der Waals surface area contributed by atoms with Crippen molar-refractivity contribution in [2.45, 2.75) is 6.42 Å². The highest BCUT2D eigenvalue weighted by Crippen LogP contribution is 2.28. The third-order valence-corrected chi connectivity index (χ3v) is 3.15. The number of nitrogens with zero attached hydrogens (tertiary/aromatic N) is 2. The van der Waals surface area contributed by atoms with E-state index in [2.05, 4.69) is 25.9 Å². The van der Waals surface area contributed by atoms with Gasteiger partial charge in [0.25, 0.3) is 0 Å². The fraction of sp³-hybridized carbons (Fsp3) is 0.214. The number of anilines is 3. The first-order valence-electron chi connectivity index (χ1n) is 6.59. The van der Waals surface area contributed by atoms with Crippen LogP contribution in [0.2, 0.25) is 0 Å². The van der Waals surface area contributed by atoms with Crippen LogP contribution < -0.4 is 16.0 Å². The summed E-state index contributed by atoms with van der Waals surface area (Å²) in [5.41, 5.74) is 1.59. The van der Waals surface area contributed by atoms with Crippen LogP contribution in [0.5, 0.6) is 0 Å². The molecule has 21 heavy (non-hydrogen) atoms. The molecule has 1 aliphatic rings. The predicted molar refractivity (Wildman–Crippen MR) is 77.7 cm³/mol. The molecule has 7 heteroatoms. The molecule has 0 fully saturated rings. The number of benzene rings is 1. The number of amides is 1. The Kier molecular flexibility index (Phi) is 3.63. The molecule has 1 amide bonds. The molecule has 1 aromatic heterocycles. The van der Waals surface area contributed by atoms with Crippen molar-refractivity contribution in [1.82, 2.24) is 9.97 Å². The van der Waals surface area contributed by atoms with E-state index in [0.29, 0.717) is 23.9 Å². The Labute approximate surface area is 120 Å². The van der Waals surface area contributed by atoms with E-state index in [1.807, 2.05) is 0 Å². The SMILES string of the molecule is O=C1CNc2ncnc(NCCc3ccc(F)cc3)c2N1. The van der Waals surface area contributed by atoms with Gasteiger partial charge in [-0.2, -0.15) is 0 Å². The summed E-state index contributed by atoms with van der Waals surface area (Å²) < 4.78 is 12.8. The fourth-order valence-corrected chi connectivity index (χ4v) is 2.10. The minimum atomic E-state index is -0.245. The van der Waals surface area contributed by atoms with Crippen LogP contribution in [0.4, 0.5) is 21.7 Å². The van der Waals surface area contributed by atoms with Gasteiger partial charge in [0.2, 0.25) is 5.91 Å². The second-order valence-corrected chi connectivity index (χ2v) is 4.65. The van der Waals surface area contributed by atoms with Crippen molar-refractivity contribution in [3.8, 4) is 0 Å². The minimum absolute atomic E-state index is 0.126. The standard InChI is InChI=1S/C14H14FN5O/c15-10-3-1-9(2-4-10)5-6-16-13-12-14(19-8-18-13)17-7-11(21)20-12/h1-4,8H,5-7H2,(H,20,21)(H2,16,17,18,19). The molecule has 0 atom stereocenters. The maximum Gasteiger partial charge on any atom is 0.243 e. The van der Waals surface area contributed by atoms with Crippen LogP contribution in [0.1, 0.15) is 5.56 Å². The third-order valence-electron chi connectivity index (χ3n) is 3.15. The number of aromatic nitrogens is 2. The van der Waals surface area contributed by atoms with Gasteiger partial charge in [-0.1, -0.05) is 12.1 Å². The molecule has 0 unspecified atom stereocenters. The van der Waals surface area contributed by atoms with Crippen molar-refractivity contribution < 1.29 is 9.18 Å². The van der Waals surface area contributed by atoms with Crippen molar-refractivity contribution in [3.63, 3.8) is 0 Å². The minimum Gasteiger partial charge on any atom is -0.368 e. The topological polar surface area (TPSA) is 78.9 Å². The smallest absolute Gasteiger partial charge is 0.243 e. The molecule has 3 N–H and O–H groups in total. The van der Waals surface area contributed by atoms with Gasteiger partial charge in [-0.25, -0.2) is 14.4 Å². The lowest BCUT2D eigenvalue weighted by molar-refractivity contribution is -0.114. The summed E-state index contributed by atoms with van der Waals surface area (Å²) in [6.07, 6.45) is 2.16. The van der Waals surface area contributed by atoms with Crippen LogP contribution in [0, 0.1) is 5.82 Å². The quantitative estimate of drug-likeness (QED) is 0.796. The van der Waals surface area contributed by atoms with E-state index < -0.39 is 0 Å². The Morgan fingerprint density at radius 2 is 2.05 bits per heavy atom. The summed E-state index contributed by atoms with van der Waals surface area (Å²) in [6, 6.07) is 6.36. The van der Waals surface area contributed by atoms with E-state index in [9.17, 15) is 9.18 Å². The number of hydrogen-bond donors (Lipinski definition) is 3. The summed E-state index contributed by atoms with van der Waals surface area (Å²) in [7, 11) is 0. The van der Waals surface area contributed by atoms with Crippen LogP contribution in [0.25, 0.3) is 0 Å². The van der Waals surface area contributed by atoms with E-state index in [1.54, 1.807) is 12.1 Å². The molecule has 2 heterocycles. The zero-order chi connectivity index (χ0) is 14.7. The molecule has 0 radical (unpaired) electrons. The molecular formula is C14H14FN5O. The van der Waals surface area contributed by atoms with Gasteiger partial charge in [0.15, 0.2) is 11.6 Å². The number of fused-ring (bicyclic) bond motifs is 1. The molecule has 0 aliphatic carbocycles. The number of halogens is 1. The maximum absolute atomic E-state index is 12.8. The average Bonchev–Trinajstić information content (AvgIpc) is 2.50. The molecule has 1 aromatic carbocycles. The summed E-state index contributed by atoms with van der Waals surface area (Å²) in [5, 5.41) is 8.83. The zero-order valence-electron chi connectivity index (χ0n) is 11.2. The lowest BCUT2D eigenvalue weighted by Crippen LogP contribution is -2.29. The molecule has 3 rings (SSSR count). The third kappa shape index (κ3) is 3.07.